The number of urea groups is 1. The Balaban J connectivity index is 1.61. The van der Waals surface area contributed by atoms with Crippen LogP contribution in [-0.4, -0.2) is 43.6 Å². The second kappa shape index (κ2) is 7.74. The quantitative estimate of drug-likeness (QED) is 0.803. The Bertz CT molecular complexity index is 829. The number of benzene rings is 2. The van der Waals surface area contributed by atoms with E-state index in [-0.39, 0.29) is 18.3 Å². The highest BCUT2D eigenvalue weighted by atomic mass is 79.9. The lowest BCUT2D eigenvalue weighted by atomic mass is 10.3. The zero-order valence-corrected chi connectivity index (χ0v) is 15.6. The van der Waals surface area contributed by atoms with Gasteiger partial charge in [-0.25, -0.2) is 9.18 Å². The van der Waals surface area contributed by atoms with Crippen LogP contribution in [0.2, 0.25) is 0 Å². The summed E-state index contributed by atoms with van der Waals surface area (Å²) >= 11 is 3.16. The van der Waals surface area contributed by atoms with Gasteiger partial charge in [0, 0.05) is 23.2 Å². The molecule has 8 heteroatoms. The maximum Gasteiger partial charge on any atom is 0.325 e. The largest absolute Gasteiger partial charge is 0.497 e. The molecule has 1 fully saturated rings. The van der Waals surface area contributed by atoms with Gasteiger partial charge in [0.2, 0.25) is 5.91 Å². The maximum absolute atomic E-state index is 13.8. The number of hydrogen-bond donors (Lipinski definition) is 1. The van der Waals surface area contributed by atoms with E-state index in [1.807, 2.05) is 0 Å². The molecule has 0 aliphatic carbocycles. The van der Waals surface area contributed by atoms with Crippen molar-refractivity contribution >= 4 is 39.2 Å². The van der Waals surface area contributed by atoms with Crippen molar-refractivity contribution in [3.8, 4) is 5.75 Å². The van der Waals surface area contributed by atoms with Crippen molar-refractivity contribution in [2.24, 2.45) is 0 Å². The molecular formula is C18H17BrFN3O3. The van der Waals surface area contributed by atoms with Crippen LogP contribution >= 0.6 is 15.9 Å². The molecule has 3 amide bonds. The number of rotatable bonds is 5. The Labute approximate surface area is 158 Å². The third-order valence-corrected chi connectivity index (χ3v) is 4.51. The topological polar surface area (TPSA) is 61.9 Å². The summed E-state index contributed by atoms with van der Waals surface area (Å²) in [6.07, 6.45) is 0. The first kappa shape index (κ1) is 18.2. The van der Waals surface area contributed by atoms with Gasteiger partial charge in [-0.15, -0.1) is 0 Å². The Kier molecular flexibility index (Phi) is 5.41. The molecule has 0 spiro atoms. The van der Waals surface area contributed by atoms with Gasteiger partial charge in [0.05, 0.1) is 12.8 Å². The number of ether oxygens (including phenoxy) is 1. The number of anilines is 2. The first-order valence-electron chi connectivity index (χ1n) is 7.93. The van der Waals surface area contributed by atoms with E-state index in [0.29, 0.717) is 23.3 Å². The molecule has 1 N–H and O–H groups in total. The fourth-order valence-corrected chi connectivity index (χ4v) is 3.02. The zero-order chi connectivity index (χ0) is 18.7. The fourth-order valence-electron chi connectivity index (χ4n) is 2.69. The highest BCUT2D eigenvalue weighted by molar-refractivity contribution is 9.10. The first-order chi connectivity index (χ1) is 12.5. The van der Waals surface area contributed by atoms with Crippen LogP contribution in [0.1, 0.15) is 0 Å². The van der Waals surface area contributed by atoms with Crippen LogP contribution in [0.5, 0.6) is 5.75 Å². The molecule has 1 saturated heterocycles. The highest BCUT2D eigenvalue weighted by Gasteiger charge is 2.30. The van der Waals surface area contributed by atoms with E-state index in [9.17, 15) is 14.0 Å². The number of halogens is 2. The van der Waals surface area contributed by atoms with Crippen molar-refractivity contribution in [1.82, 2.24) is 4.90 Å². The zero-order valence-electron chi connectivity index (χ0n) is 14.0. The van der Waals surface area contributed by atoms with Crippen LogP contribution in [0.15, 0.2) is 46.9 Å². The van der Waals surface area contributed by atoms with E-state index >= 15 is 0 Å². The predicted octanol–water partition coefficient (Wildman–Crippen LogP) is 3.48. The summed E-state index contributed by atoms with van der Waals surface area (Å²) in [6, 6.07) is 11.2. The van der Waals surface area contributed by atoms with Crippen molar-refractivity contribution in [3.63, 3.8) is 0 Å². The van der Waals surface area contributed by atoms with E-state index in [1.54, 1.807) is 42.3 Å². The minimum absolute atomic E-state index is 0.0804. The SMILES string of the molecule is COc1ccc(N2CCN(CC(=O)Nc3ccc(Br)cc3F)C2=O)cc1. The molecule has 2 aromatic carbocycles. The molecule has 0 saturated carbocycles. The summed E-state index contributed by atoms with van der Waals surface area (Å²) in [6.45, 7) is 0.757. The normalized spacial score (nSPS) is 13.9. The number of carbonyl (C=O) groups excluding carboxylic acids is 2. The van der Waals surface area contributed by atoms with Gasteiger partial charge in [-0.2, -0.15) is 0 Å². The third kappa shape index (κ3) is 3.96. The summed E-state index contributed by atoms with van der Waals surface area (Å²) in [5, 5.41) is 2.49. The molecule has 0 bridgehead atoms. The molecule has 1 aliphatic rings. The minimum Gasteiger partial charge on any atom is -0.497 e. The number of carbonyl (C=O) groups is 2. The summed E-state index contributed by atoms with van der Waals surface area (Å²) in [4.78, 5) is 27.7. The summed E-state index contributed by atoms with van der Waals surface area (Å²) in [5.41, 5.74) is 0.814. The lowest BCUT2D eigenvalue weighted by molar-refractivity contribution is -0.116. The first-order valence-corrected chi connectivity index (χ1v) is 8.72. The smallest absolute Gasteiger partial charge is 0.325 e. The molecular weight excluding hydrogens is 405 g/mol. The van der Waals surface area contributed by atoms with Crippen LogP contribution in [0.25, 0.3) is 0 Å². The van der Waals surface area contributed by atoms with Crippen molar-refractivity contribution in [2.75, 3.05) is 37.0 Å². The van der Waals surface area contributed by atoms with Crippen LogP contribution in [-0.2, 0) is 4.79 Å². The fraction of sp³-hybridized carbons (Fsp3) is 0.222. The van der Waals surface area contributed by atoms with Gasteiger partial charge in [-0.1, -0.05) is 15.9 Å². The Morgan fingerprint density at radius 3 is 2.62 bits per heavy atom. The second-order valence-electron chi connectivity index (χ2n) is 5.73. The summed E-state index contributed by atoms with van der Waals surface area (Å²) < 4.78 is 19.5. The molecule has 1 heterocycles. The lowest BCUT2D eigenvalue weighted by Gasteiger charge is -2.18. The van der Waals surface area contributed by atoms with E-state index in [0.717, 1.165) is 5.69 Å². The molecule has 26 heavy (non-hydrogen) atoms. The van der Waals surface area contributed by atoms with Gasteiger partial charge in [-0.05, 0) is 42.5 Å². The average molecular weight is 422 g/mol. The van der Waals surface area contributed by atoms with Crippen molar-refractivity contribution in [2.45, 2.75) is 0 Å². The number of methoxy groups -OCH3 is 1. The van der Waals surface area contributed by atoms with Gasteiger partial charge >= 0.3 is 6.03 Å². The van der Waals surface area contributed by atoms with Crippen LogP contribution < -0.4 is 15.0 Å². The summed E-state index contributed by atoms with van der Waals surface area (Å²) in [5.74, 6) is -0.287. The molecule has 0 radical (unpaired) electrons. The Morgan fingerprint density at radius 1 is 1.23 bits per heavy atom. The van der Waals surface area contributed by atoms with E-state index < -0.39 is 11.7 Å². The monoisotopic (exact) mass is 421 g/mol. The molecule has 136 valence electrons. The van der Waals surface area contributed by atoms with Gasteiger partial charge < -0.3 is 15.0 Å². The van der Waals surface area contributed by atoms with Crippen LogP contribution in [0.3, 0.4) is 0 Å². The number of amides is 3. The number of hydrogen-bond acceptors (Lipinski definition) is 3. The van der Waals surface area contributed by atoms with E-state index in [2.05, 4.69) is 21.2 Å². The van der Waals surface area contributed by atoms with Crippen molar-refractivity contribution in [3.05, 3.63) is 52.8 Å². The highest BCUT2D eigenvalue weighted by Crippen LogP contribution is 2.23. The average Bonchev–Trinajstić information content (AvgIpc) is 2.98. The van der Waals surface area contributed by atoms with Gasteiger partial charge in [0.25, 0.3) is 0 Å². The van der Waals surface area contributed by atoms with Gasteiger partial charge in [0.15, 0.2) is 0 Å². The minimum atomic E-state index is -0.541. The van der Waals surface area contributed by atoms with E-state index in [1.165, 1.54) is 17.0 Å². The lowest BCUT2D eigenvalue weighted by Crippen LogP contribution is -2.37. The Morgan fingerprint density at radius 2 is 1.96 bits per heavy atom. The van der Waals surface area contributed by atoms with Gasteiger partial charge in [-0.3, -0.25) is 9.69 Å². The van der Waals surface area contributed by atoms with Crippen molar-refractivity contribution < 1.29 is 18.7 Å². The van der Waals surface area contributed by atoms with Crippen LogP contribution in [0.4, 0.5) is 20.6 Å². The molecule has 1 aliphatic heterocycles. The van der Waals surface area contributed by atoms with E-state index in [4.69, 9.17) is 4.74 Å². The molecule has 0 aromatic heterocycles. The summed E-state index contributed by atoms with van der Waals surface area (Å²) in [7, 11) is 1.57. The second-order valence-corrected chi connectivity index (χ2v) is 6.64. The molecule has 0 unspecified atom stereocenters. The van der Waals surface area contributed by atoms with Crippen molar-refractivity contribution in [1.29, 1.82) is 0 Å². The van der Waals surface area contributed by atoms with Crippen LogP contribution in [0, 0.1) is 5.82 Å². The molecule has 6 nitrogen and oxygen atoms in total. The maximum atomic E-state index is 13.8. The molecule has 0 atom stereocenters. The number of nitrogens with one attached hydrogen (secondary N) is 1. The third-order valence-electron chi connectivity index (χ3n) is 4.02. The standard InChI is InChI=1S/C18H17BrFN3O3/c1-26-14-5-3-13(4-6-14)23-9-8-22(18(23)25)11-17(24)21-16-7-2-12(19)10-15(16)20/h2-7,10H,8-9,11H2,1H3,(H,21,24). The molecule has 2 aromatic rings. The molecule has 3 rings (SSSR count). The van der Waals surface area contributed by atoms with Gasteiger partial charge in [0.1, 0.15) is 18.1 Å². The number of nitrogens with zero attached hydrogens (tertiary/aromatic N) is 2. The predicted molar refractivity (Wildman–Crippen MR) is 100 cm³/mol. The Hall–Kier alpha value is -2.61.